The summed E-state index contributed by atoms with van der Waals surface area (Å²) in [5.41, 5.74) is 2.07. The van der Waals surface area contributed by atoms with Gasteiger partial charge in [-0.3, -0.25) is 9.59 Å². The van der Waals surface area contributed by atoms with Crippen molar-refractivity contribution in [1.29, 1.82) is 0 Å². The molecule has 0 unspecified atom stereocenters. The molecule has 1 amide bonds. The lowest BCUT2D eigenvalue weighted by molar-refractivity contribution is -0.0191. The lowest BCUT2D eigenvalue weighted by atomic mass is 10.0. The van der Waals surface area contributed by atoms with Crippen molar-refractivity contribution in [3.63, 3.8) is 0 Å². The number of nitrogens with zero attached hydrogens (tertiary/aromatic N) is 3. The van der Waals surface area contributed by atoms with Crippen molar-refractivity contribution < 1.29 is 9.53 Å². The summed E-state index contributed by atoms with van der Waals surface area (Å²) in [4.78, 5) is 28.2. The number of benzene rings is 1. The summed E-state index contributed by atoms with van der Waals surface area (Å²) in [6, 6.07) is 13.0. The van der Waals surface area contributed by atoms with Crippen LogP contribution >= 0.6 is 11.3 Å². The molecule has 4 heterocycles. The fourth-order valence-corrected chi connectivity index (χ4v) is 4.49. The van der Waals surface area contributed by atoms with Gasteiger partial charge in [0.2, 0.25) is 0 Å². The van der Waals surface area contributed by atoms with Gasteiger partial charge in [-0.05, 0) is 23.1 Å². The minimum atomic E-state index is -0.230. The number of thiophene rings is 1. The van der Waals surface area contributed by atoms with Gasteiger partial charge in [0.15, 0.2) is 0 Å². The Morgan fingerprint density at radius 2 is 2.00 bits per heavy atom. The monoisotopic (exact) mass is 391 g/mol. The number of fused-ring (bicyclic) bond motifs is 3. The second-order valence-corrected chi connectivity index (χ2v) is 7.74. The van der Waals surface area contributed by atoms with Gasteiger partial charge in [-0.1, -0.05) is 30.3 Å². The van der Waals surface area contributed by atoms with Gasteiger partial charge in [-0.25, -0.2) is 0 Å². The van der Waals surface area contributed by atoms with Crippen molar-refractivity contribution in [1.82, 2.24) is 14.5 Å². The number of hydrogen-bond donors (Lipinski definition) is 0. The summed E-state index contributed by atoms with van der Waals surface area (Å²) in [7, 11) is 1.65. The van der Waals surface area contributed by atoms with Gasteiger partial charge in [0.1, 0.15) is 0 Å². The van der Waals surface area contributed by atoms with E-state index in [2.05, 4.69) is 5.10 Å². The molecule has 0 aliphatic carbocycles. The quantitative estimate of drug-likeness (QED) is 0.539. The molecule has 3 aromatic heterocycles. The molecule has 1 aromatic carbocycles. The number of carbonyl (C=O) groups is 1. The Hall–Kier alpha value is -3.03. The second kappa shape index (κ2) is 6.54. The van der Waals surface area contributed by atoms with Crippen LogP contribution < -0.4 is 5.56 Å². The number of pyridine rings is 1. The molecular formula is C21H17N3O3S. The number of methoxy groups -OCH3 is 1. The van der Waals surface area contributed by atoms with Crippen molar-refractivity contribution in [2.75, 3.05) is 20.2 Å². The third-order valence-electron chi connectivity index (χ3n) is 5.19. The third kappa shape index (κ3) is 2.55. The zero-order valence-electron chi connectivity index (χ0n) is 15.2. The summed E-state index contributed by atoms with van der Waals surface area (Å²) in [5, 5.41) is 7.23. The van der Waals surface area contributed by atoms with Crippen molar-refractivity contribution in [3.05, 3.63) is 70.0 Å². The maximum Gasteiger partial charge on any atom is 0.279 e. The Bertz CT molecular complexity index is 1260. The maximum atomic E-state index is 13.3. The Morgan fingerprint density at radius 3 is 2.75 bits per heavy atom. The van der Waals surface area contributed by atoms with Gasteiger partial charge < -0.3 is 9.64 Å². The number of likely N-dealkylation sites (tertiary alicyclic amines) is 1. The van der Waals surface area contributed by atoms with E-state index in [0.717, 1.165) is 15.6 Å². The first-order chi connectivity index (χ1) is 13.7. The molecule has 5 rings (SSSR count). The number of ether oxygens (including phenoxy) is 1. The summed E-state index contributed by atoms with van der Waals surface area (Å²) in [6.07, 6.45) is 1.74. The summed E-state index contributed by atoms with van der Waals surface area (Å²) >= 11 is 1.51. The molecule has 6 nitrogen and oxygen atoms in total. The van der Waals surface area contributed by atoms with Crippen molar-refractivity contribution in [2.24, 2.45) is 0 Å². The van der Waals surface area contributed by atoms with Crippen molar-refractivity contribution >= 4 is 32.8 Å². The molecule has 140 valence electrons. The molecule has 0 atom stereocenters. The van der Waals surface area contributed by atoms with Crippen LogP contribution in [0.1, 0.15) is 10.4 Å². The van der Waals surface area contributed by atoms with Crippen LogP contribution in [0.25, 0.3) is 26.7 Å². The van der Waals surface area contributed by atoms with Gasteiger partial charge in [0, 0.05) is 31.1 Å². The maximum absolute atomic E-state index is 13.3. The van der Waals surface area contributed by atoms with E-state index in [1.807, 2.05) is 41.8 Å². The summed E-state index contributed by atoms with van der Waals surface area (Å²) in [6.45, 7) is 1.10. The normalized spacial score (nSPS) is 14.5. The van der Waals surface area contributed by atoms with Crippen molar-refractivity contribution in [2.45, 2.75) is 6.10 Å². The average molecular weight is 391 g/mol. The van der Waals surface area contributed by atoms with Crippen LogP contribution in [-0.2, 0) is 4.74 Å². The zero-order chi connectivity index (χ0) is 19.3. The Balaban J connectivity index is 1.78. The average Bonchev–Trinajstić information content (AvgIpc) is 3.17. The molecule has 4 aromatic rings. The van der Waals surface area contributed by atoms with E-state index in [-0.39, 0.29) is 17.6 Å². The first kappa shape index (κ1) is 17.1. The summed E-state index contributed by atoms with van der Waals surface area (Å²) in [5.74, 6) is -0.106. The predicted molar refractivity (Wildman–Crippen MR) is 109 cm³/mol. The fraction of sp³-hybridized carbons (Fsp3) is 0.190. The molecule has 0 bridgehead atoms. The van der Waals surface area contributed by atoms with Gasteiger partial charge in [-0.15, -0.1) is 11.3 Å². The van der Waals surface area contributed by atoms with Crippen LogP contribution in [0.3, 0.4) is 0 Å². The van der Waals surface area contributed by atoms with E-state index in [1.165, 1.54) is 15.9 Å². The van der Waals surface area contributed by atoms with E-state index >= 15 is 0 Å². The minimum Gasteiger partial charge on any atom is -0.378 e. The van der Waals surface area contributed by atoms with E-state index in [9.17, 15) is 9.59 Å². The highest BCUT2D eigenvalue weighted by atomic mass is 32.1. The molecule has 1 aliphatic heterocycles. The lowest BCUT2D eigenvalue weighted by Gasteiger charge is -2.38. The molecular weight excluding hydrogens is 374 g/mol. The van der Waals surface area contributed by atoms with Gasteiger partial charge in [-0.2, -0.15) is 9.61 Å². The topological polar surface area (TPSA) is 63.9 Å². The first-order valence-electron chi connectivity index (χ1n) is 8.97. The molecule has 28 heavy (non-hydrogen) atoms. The van der Waals surface area contributed by atoms with Crippen LogP contribution in [0.5, 0.6) is 0 Å². The van der Waals surface area contributed by atoms with Crippen LogP contribution in [0, 0.1) is 0 Å². The van der Waals surface area contributed by atoms with Crippen LogP contribution in [0.15, 0.2) is 58.8 Å². The van der Waals surface area contributed by atoms with Crippen LogP contribution in [0.4, 0.5) is 0 Å². The van der Waals surface area contributed by atoms with E-state index in [4.69, 9.17) is 4.74 Å². The molecule has 0 saturated carbocycles. The Kier molecular flexibility index (Phi) is 3.99. The molecule has 1 fully saturated rings. The fourth-order valence-electron chi connectivity index (χ4n) is 3.58. The van der Waals surface area contributed by atoms with Crippen LogP contribution in [0.2, 0.25) is 0 Å². The molecule has 7 heteroatoms. The van der Waals surface area contributed by atoms with E-state index < -0.39 is 0 Å². The zero-order valence-corrected chi connectivity index (χ0v) is 16.0. The number of amides is 1. The molecule has 1 aliphatic rings. The highest BCUT2D eigenvalue weighted by molar-refractivity contribution is 7.18. The molecule has 0 radical (unpaired) electrons. The van der Waals surface area contributed by atoms with Crippen LogP contribution in [-0.4, -0.2) is 46.7 Å². The highest BCUT2D eigenvalue weighted by Crippen LogP contribution is 2.30. The van der Waals surface area contributed by atoms with E-state index in [1.54, 1.807) is 24.3 Å². The van der Waals surface area contributed by atoms with Crippen molar-refractivity contribution in [3.8, 4) is 11.1 Å². The Morgan fingerprint density at radius 1 is 1.21 bits per heavy atom. The van der Waals surface area contributed by atoms with Gasteiger partial charge >= 0.3 is 0 Å². The third-order valence-corrected chi connectivity index (χ3v) is 6.12. The minimum absolute atomic E-state index is 0.0649. The number of carbonyl (C=O) groups excluding carboxylic acids is 1. The second-order valence-electron chi connectivity index (χ2n) is 6.82. The highest BCUT2D eigenvalue weighted by Gasteiger charge is 2.33. The summed E-state index contributed by atoms with van der Waals surface area (Å²) < 4.78 is 7.55. The predicted octanol–water partition coefficient (Wildman–Crippen LogP) is 3.05. The SMILES string of the molecule is COC1CN(C(=O)c2cc(-c3ccccc3)c(=O)n3ncc4ccsc4c23)C1. The molecule has 1 saturated heterocycles. The standard InChI is InChI=1S/C21H17N3O3S/c1-27-15-11-23(12-15)20(25)17-9-16(13-5-3-2-4-6-13)21(26)24-18(17)19-14(10-22-24)7-8-28-19/h2-10,15H,11-12H2,1H3. The van der Waals surface area contributed by atoms with Gasteiger partial charge in [0.05, 0.1) is 28.1 Å². The largest absolute Gasteiger partial charge is 0.378 e. The smallest absolute Gasteiger partial charge is 0.279 e. The Labute approximate surface area is 164 Å². The number of hydrogen-bond acceptors (Lipinski definition) is 5. The number of rotatable bonds is 3. The molecule has 0 spiro atoms. The first-order valence-corrected chi connectivity index (χ1v) is 9.85. The molecule has 0 N–H and O–H groups in total. The lowest BCUT2D eigenvalue weighted by Crippen LogP contribution is -2.54. The van der Waals surface area contributed by atoms with E-state index in [0.29, 0.717) is 29.7 Å². The van der Waals surface area contributed by atoms with Gasteiger partial charge in [0.25, 0.3) is 11.5 Å². The number of aromatic nitrogens is 2.